The monoisotopic (exact) mass is 303 g/mol. The Morgan fingerprint density at radius 1 is 1.24 bits per heavy atom. The summed E-state index contributed by atoms with van der Waals surface area (Å²) in [4.78, 5) is 6.63. The molecule has 1 aromatic heterocycles. The molecule has 3 nitrogen and oxygen atoms in total. The quantitative estimate of drug-likeness (QED) is 0.885. The molecule has 0 saturated heterocycles. The van der Waals surface area contributed by atoms with Crippen LogP contribution >= 0.6 is 11.6 Å². The lowest BCUT2D eigenvalue weighted by Crippen LogP contribution is -2.22. The maximum absolute atomic E-state index is 6.01. The van der Waals surface area contributed by atoms with Crippen LogP contribution in [0.15, 0.2) is 42.6 Å². The smallest absolute Gasteiger partial charge is 0.128 e. The summed E-state index contributed by atoms with van der Waals surface area (Å²) < 4.78 is 0. The first-order valence-corrected chi connectivity index (χ1v) is 7.62. The Bertz CT molecular complexity index is 569. The number of hydrogen-bond acceptors (Lipinski definition) is 3. The fourth-order valence-electron chi connectivity index (χ4n) is 2.20. The van der Waals surface area contributed by atoms with Gasteiger partial charge in [0.15, 0.2) is 0 Å². The Morgan fingerprint density at radius 3 is 2.67 bits per heavy atom. The lowest BCUT2D eigenvalue weighted by molar-refractivity contribution is 0.645. The molecule has 1 heterocycles. The fourth-order valence-corrected chi connectivity index (χ4v) is 2.41. The van der Waals surface area contributed by atoms with E-state index in [9.17, 15) is 0 Å². The molecule has 0 amide bonds. The first kappa shape index (κ1) is 15.8. The van der Waals surface area contributed by atoms with Crippen molar-refractivity contribution >= 4 is 17.4 Å². The van der Waals surface area contributed by atoms with E-state index in [0.29, 0.717) is 0 Å². The van der Waals surface area contributed by atoms with Crippen LogP contribution in [0.4, 0.5) is 5.82 Å². The van der Waals surface area contributed by atoms with E-state index in [4.69, 9.17) is 17.3 Å². The zero-order valence-electron chi connectivity index (χ0n) is 12.6. The Balaban J connectivity index is 2.01. The minimum absolute atomic E-state index is 0.210. The second-order valence-electron chi connectivity index (χ2n) is 5.38. The highest BCUT2D eigenvalue weighted by atomic mass is 35.5. The third-order valence-electron chi connectivity index (χ3n) is 3.53. The van der Waals surface area contributed by atoms with Crippen molar-refractivity contribution in [3.63, 3.8) is 0 Å². The molecule has 1 unspecified atom stereocenters. The Morgan fingerprint density at radius 2 is 2.05 bits per heavy atom. The number of aromatic nitrogens is 1. The van der Waals surface area contributed by atoms with Crippen LogP contribution in [0.2, 0.25) is 5.02 Å². The maximum atomic E-state index is 6.01. The molecular weight excluding hydrogens is 282 g/mol. The second-order valence-corrected chi connectivity index (χ2v) is 5.82. The van der Waals surface area contributed by atoms with Gasteiger partial charge in [0, 0.05) is 30.9 Å². The number of anilines is 1. The van der Waals surface area contributed by atoms with Gasteiger partial charge in [-0.05, 0) is 42.2 Å². The number of pyridine rings is 1. The molecule has 1 atom stereocenters. The normalized spacial score (nSPS) is 12.2. The van der Waals surface area contributed by atoms with Crippen molar-refractivity contribution in [2.24, 2.45) is 5.73 Å². The molecule has 0 radical (unpaired) electrons. The molecule has 2 rings (SSSR count). The average molecular weight is 304 g/mol. The highest BCUT2D eigenvalue weighted by molar-refractivity contribution is 6.30. The van der Waals surface area contributed by atoms with E-state index >= 15 is 0 Å². The van der Waals surface area contributed by atoms with E-state index in [-0.39, 0.29) is 6.04 Å². The van der Waals surface area contributed by atoms with Crippen molar-refractivity contribution in [2.45, 2.75) is 32.4 Å². The lowest BCUT2D eigenvalue weighted by Gasteiger charge is -2.19. The second kappa shape index (κ2) is 7.43. The van der Waals surface area contributed by atoms with Crippen LogP contribution in [-0.2, 0) is 13.0 Å². The summed E-state index contributed by atoms with van der Waals surface area (Å²) in [6.45, 7) is 2.88. The van der Waals surface area contributed by atoms with Crippen LogP contribution < -0.4 is 10.6 Å². The highest BCUT2D eigenvalue weighted by Gasteiger charge is 2.06. The number of halogens is 1. The highest BCUT2D eigenvalue weighted by Crippen LogP contribution is 2.16. The Kier molecular flexibility index (Phi) is 5.59. The fraction of sp³-hybridized carbons (Fsp3) is 0.353. The van der Waals surface area contributed by atoms with E-state index in [2.05, 4.69) is 28.9 Å². The van der Waals surface area contributed by atoms with Crippen molar-refractivity contribution in [3.05, 3.63) is 58.7 Å². The van der Waals surface area contributed by atoms with Gasteiger partial charge in [-0.25, -0.2) is 4.98 Å². The molecule has 0 spiro atoms. The van der Waals surface area contributed by atoms with Gasteiger partial charge in [0.25, 0.3) is 0 Å². The maximum Gasteiger partial charge on any atom is 0.128 e. The largest absolute Gasteiger partial charge is 0.355 e. The van der Waals surface area contributed by atoms with Gasteiger partial charge in [-0.15, -0.1) is 0 Å². The average Bonchev–Trinajstić information content (AvgIpc) is 2.47. The Labute approximate surface area is 131 Å². The summed E-state index contributed by atoms with van der Waals surface area (Å²) in [5, 5.41) is 0.762. The van der Waals surface area contributed by atoms with Gasteiger partial charge in [-0.3, -0.25) is 0 Å². The summed E-state index contributed by atoms with van der Waals surface area (Å²) in [6.07, 6.45) is 3.78. The standard InChI is InChI=1S/C17H22ClN3/c1-3-16(19)10-13-7-8-17(20-11-13)21(2)12-14-5-4-6-15(18)9-14/h4-9,11,16H,3,10,12,19H2,1-2H3. The van der Waals surface area contributed by atoms with E-state index < -0.39 is 0 Å². The summed E-state index contributed by atoms with van der Waals surface area (Å²) in [5.74, 6) is 0.948. The zero-order chi connectivity index (χ0) is 15.2. The number of nitrogens with two attached hydrogens (primary N) is 1. The van der Waals surface area contributed by atoms with E-state index in [1.807, 2.05) is 37.5 Å². The summed E-state index contributed by atoms with van der Waals surface area (Å²) >= 11 is 6.01. The molecule has 0 aliphatic heterocycles. The SMILES string of the molecule is CCC(N)Cc1ccc(N(C)Cc2cccc(Cl)c2)nc1. The predicted octanol–water partition coefficient (Wildman–Crippen LogP) is 3.65. The number of nitrogens with zero attached hydrogens (tertiary/aromatic N) is 2. The summed E-state index contributed by atoms with van der Waals surface area (Å²) in [7, 11) is 2.03. The van der Waals surface area contributed by atoms with Gasteiger partial charge in [0.05, 0.1) is 0 Å². The zero-order valence-corrected chi connectivity index (χ0v) is 13.3. The molecule has 21 heavy (non-hydrogen) atoms. The summed E-state index contributed by atoms with van der Waals surface area (Å²) in [5.41, 5.74) is 8.32. The number of hydrogen-bond donors (Lipinski definition) is 1. The van der Waals surface area contributed by atoms with Gasteiger partial charge < -0.3 is 10.6 Å². The third-order valence-corrected chi connectivity index (χ3v) is 3.77. The van der Waals surface area contributed by atoms with Gasteiger partial charge in [-0.2, -0.15) is 0 Å². The van der Waals surface area contributed by atoms with E-state index in [1.165, 1.54) is 11.1 Å². The van der Waals surface area contributed by atoms with Gasteiger partial charge in [0.2, 0.25) is 0 Å². The molecule has 0 aliphatic rings. The Hall–Kier alpha value is -1.58. The van der Waals surface area contributed by atoms with E-state index in [1.54, 1.807) is 0 Å². The van der Waals surface area contributed by atoms with Crippen molar-refractivity contribution in [1.82, 2.24) is 4.98 Å². The predicted molar refractivity (Wildman–Crippen MR) is 89.8 cm³/mol. The first-order chi connectivity index (χ1) is 10.1. The molecule has 112 valence electrons. The molecule has 1 aromatic carbocycles. The van der Waals surface area contributed by atoms with Crippen LogP contribution in [-0.4, -0.2) is 18.1 Å². The van der Waals surface area contributed by atoms with Crippen molar-refractivity contribution in [1.29, 1.82) is 0 Å². The molecule has 0 saturated carbocycles. The molecule has 0 aliphatic carbocycles. The van der Waals surface area contributed by atoms with Gasteiger partial charge in [0.1, 0.15) is 5.82 Å². The molecule has 0 bridgehead atoms. The van der Waals surface area contributed by atoms with Crippen LogP contribution in [0.3, 0.4) is 0 Å². The van der Waals surface area contributed by atoms with Crippen molar-refractivity contribution in [2.75, 3.05) is 11.9 Å². The topological polar surface area (TPSA) is 42.1 Å². The van der Waals surface area contributed by atoms with Crippen LogP contribution in [0, 0.1) is 0 Å². The minimum atomic E-state index is 0.210. The lowest BCUT2D eigenvalue weighted by atomic mass is 10.1. The van der Waals surface area contributed by atoms with Crippen LogP contribution in [0.1, 0.15) is 24.5 Å². The minimum Gasteiger partial charge on any atom is -0.355 e. The third kappa shape index (κ3) is 4.73. The summed E-state index contributed by atoms with van der Waals surface area (Å²) in [6, 6.07) is 12.3. The van der Waals surface area contributed by atoms with Gasteiger partial charge >= 0.3 is 0 Å². The van der Waals surface area contributed by atoms with Crippen molar-refractivity contribution < 1.29 is 0 Å². The van der Waals surface area contributed by atoms with Crippen molar-refractivity contribution in [3.8, 4) is 0 Å². The first-order valence-electron chi connectivity index (χ1n) is 7.24. The van der Waals surface area contributed by atoms with Gasteiger partial charge in [-0.1, -0.05) is 36.7 Å². The number of rotatable bonds is 6. The molecule has 4 heteroatoms. The molecule has 2 N–H and O–H groups in total. The molecule has 0 fully saturated rings. The molecular formula is C17H22ClN3. The van der Waals surface area contributed by atoms with E-state index in [0.717, 1.165) is 30.2 Å². The van der Waals surface area contributed by atoms with Crippen LogP contribution in [0.25, 0.3) is 0 Å². The van der Waals surface area contributed by atoms with Crippen LogP contribution in [0.5, 0.6) is 0 Å². The number of benzene rings is 1. The molecule has 2 aromatic rings.